The Balaban J connectivity index is 0.000000258. The molecule has 8 aliphatic rings. The molecule has 6 aromatic rings. The van der Waals surface area contributed by atoms with E-state index < -0.39 is 32.2 Å². The van der Waals surface area contributed by atoms with Gasteiger partial charge in [0.25, 0.3) is 17.7 Å². The van der Waals surface area contributed by atoms with Gasteiger partial charge >= 0.3 is 6.18 Å². The number of nitrogens with zero attached hydrogens (tertiary/aromatic N) is 4. The molecule has 0 saturated heterocycles. The van der Waals surface area contributed by atoms with Gasteiger partial charge in [0, 0.05) is 182 Å². The van der Waals surface area contributed by atoms with Gasteiger partial charge in [-0.25, -0.2) is 9.15 Å². The van der Waals surface area contributed by atoms with Crippen molar-refractivity contribution >= 4 is 99.2 Å². The molecule has 21 nitrogen and oxygen atoms in total. The number of hydrogen-bond donors (Lipinski definition) is 6. The fraction of sp³-hybridized carbons (Fsp3) is 0.276. The number of carboxylic acid groups (broad SMARTS) is 3. The summed E-state index contributed by atoms with van der Waals surface area (Å²) in [6.07, 6.45) is 6.71. The van der Waals surface area contributed by atoms with Gasteiger partial charge < -0.3 is 81.2 Å². The molecule has 2 saturated carbocycles. The van der Waals surface area contributed by atoms with Gasteiger partial charge in [0.1, 0.15) is 64.9 Å². The second-order valence-corrected chi connectivity index (χ2v) is 34.6. The van der Waals surface area contributed by atoms with E-state index in [0.29, 0.717) is 81.9 Å². The Hall–Kier alpha value is -12.6. The summed E-state index contributed by atoms with van der Waals surface area (Å²) >= 11 is 0. The van der Waals surface area contributed by atoms with E-state index in [1.807, 2.05) is 191 Å². The van der Waals surface area contributed by atoms with E-state index in [4.69, 9.17) is 63.1 Å². The number of fused-ring (bicyclic) bond motifs is 6. The molecule has 0 bridgehead atoms. The number of rotatable bonds is 13. The number of hydrogen-bond acceptors (Lipinski definition) is 16. The normalized spacial score (nSPS) is 16.3. The van der Waals surface area contributed by atoms with Crippen LogP contribution in [0.5, 0.6) is 0 Å². The molecule has 0 radical (unpaired) electrons. The summed E-state index contributed by atoms with van der Waals surface area (Å²) in [6.45, 7) is 6.65. The first-order chi connectivity index (χ1) is 56.0. The van der Waals surface area contributed by atoms with Crippen molar-refractivity contribution < 1.29 is 93.5 Å². The standard InChI is InChI=1S/C54H54N6O5Si.C31H34N4O4.C2HF3O2.3F2/c1-30-24-31(8-18-39(30)50-43-20-10-33(55)26-48(43)66(6,7)49-27-34(56)11-21-44(49)50)52(61)57-35-12-14-36(15-13-35)58-53(62)32-9-19-40(45(25-32)54(63)64)51-41-22-16-37(59(2)3)28-46(41)65-47-29-38(60(4)5)17-23-42(47)51;1-34(2)21-10-13-24-27(16-21)39-28-17-22(35(3)4)11-14-25(28)29(24)23-12-5-18(15-26(23)31(37)38)30(36)33-20-8-6-19(32)7-9-20;3-2(4,5)1(6)7;3*1-2/h8-11,16-29,35-36H,12-15H2,1-7H3,(H5-,55,56,57,58,61,62,63,64);5,10-17,19-20H,6-9,32H2,1-4H3,(H-,33,36,37,38);(H,6,7);;;/p-1. The van der Waals surface area contributed by atoms with E-state index in [-0.39, 0.29) is 64.1 Å². The van der Waals surface area contributed by atoms with E-state index in [2.05, 4.69) is 47.3 Å². The van der Waals surface area contributed by atoms with Gasteiger partial charge in [-0.05, 0) is 205 Å². The minimum atomic E-state index is -5.19. The predicted octanol–water partition coefficient (Wildman–Crippen LogP) is 11.3. The Kier molecular flexibility index (Phi) is 28.7. The Bertz CT molecular complexity index is 5710. The van der Waals surface area contributed by atoms with Crippen molar-refractivity contribution in [2.75, 3.05) is 71.9 Å². The van der Waals surface area contributed by atoms with Crippen molar-refractivity contribution in [2.24, 2.45) is 5.73 Å². The Morgan fingerprint density at radius 2 is 0.890 bits per heavy atom. The summed E-state index contributed by atoms with van der Waals surface area (Å²) < 4.78 is 96.3. The van der Waals surface area contributed by atoms with Crippen molar-refractivity contribution in [1.82, 2.24) is 25.1 Å². The molecule has 3 amide bonds. The number of nitrogens with one attached hydrogen (secondary N) is 4. The number of nitrogens with two attached hydrogens (primary N) is 2. The maximum absolute atomic E-state index is 13.7. The van der Waals surface area contributed by atoms with Gasteiger partial charge in [-0.3, -0.25) is 14.4 Å². The highest BCUT2D eigenvalue weighted by atomic mass is 28.3. The smallest absolute Gasteiger partial charge is 0.430 e. The number of carboxylic acids is 3. The van der Waals surface area contributed by atoms with E-state index in [0.717, 1.165) is 103 Å². The molecule has 0 atom stereocenters. The molecule has 0 aromatic heterocycles. The highest BCUT2D eigenvalue weighted by Gasteiger charge is 2.40. The number of amides is 3. The molecule has 6 aromatic carbocycles. The van der Waals surface area contributed by atoms with Crippen LogP contribution in [0.25, 0.3) is 72.4 Å². The molecule has 5 aliphatic carbocycles. The fourth-order valence-corrected chi connectivity index (χ4v) is 18.4. The van der Waals surface area contributed by atoms with Crippen molar-refractivity contribution in [3.63, 3.8) is 0 Å². The fourth-order valence-electron chi connectivity index (χ4n) is 15.3. The monoisotopic (exact) mass is 1650 g/mol. The van der Waals surface area contributed by atoms with Crippen LogP contribution >= 0.6 is 0 Å². The van der Waals surface area contributed by atoms with Gasteiger partial charge in [0.2, 0.25) is 10.7 Å². The molecule has 8 N–H and O–H groups in total. The predicted molar refractivity (Wildman–Crippen MR) is 435 cm³/mol. The van der Waals surface area contributed by atoms with Crippen molar-refractivity contribution in [3.05, 3.63) is 230 Å². The Morgan fingerprint density at radius 3 is 1.27 bits per heavy atom. The number of aryl methyl sites for hydroxylation is 1. The molecular weight excluding hydrogens is 1560 g/mol. The number of nitrogen functional groups attached to an aromatic ring is 1. The summed E-state index contributed by atoms with van der Waals surface area (Å²) in [7, 11) is 13.4. The third-order valence-corrected chi connectivity index (χ3v) is 24.9. The Labute approximate surface area is 674 Å². The van der Waals surface area contributed by atoms with Crippen molar-refractivity contribution in [2.45, 2.75) is 102 Å². The molecule has 620 valence electrons. The summed E-state index contributed by atoms with van der Waals surface area (Å²) in [5.74, 6) is -5.33. The van der Waals surface area contributed by atoms with E-state index >= 15 is 0 Å². The second kappa shape index (κ2) is 38.0. The second-order valence-electron chi connectivity index (χ2n) is 30.3. The summed E-state index contributed by atoms with van der Waals surface area (Å²) in [4.78, 5) is 78.6. The van der Waals surface area contributed by atoms with Crippen LogP contribution in [0.15, 0.2) is 183 Å². The zero-order chi connectivity index (χ0) is 86.7. The molecule has 0 spiro atoms. The first-order valence-electron chi connectivity index (χ1n) is 37.3. The number of alkyl halides is 3. The van der Waals surface area contributed by atoms with E-state index in [9.17, 15) is 47.4 Å². The molecule has 31 heteroatoms. The number of allylic oxidation sites excluding steroid dienone is 5. The molecule has 118 heavy (non-hydrogen) atoms. The lowest BCUT2D eigenvalue weighted by molar-refractivity contribution is -0.344. The number of benzene rings is 8. The average Bonchev–Trinajstić information content (AvgIpc) is 0.733. The average molecular weight is 1650 g/mol. The molecule has 14 rings (SSSR count). The molecule has 3 heterocycles. The van der Waals surface area contributed by atoms with Crippen LogP contribution < -0.4 is 77.6 Å². The highest BCUT2D eigenvalue weighted by molar-refractivity contribution is 6.98. The van der Waals surface area contributed by atoms with Gasteiger partial charge in [0.15, 0.2) is 0 Å². The van der Waals surface area contributed by atoms with E-state index in [1.165, 1.54) is 22.5 Å². The minimum Gasteiger partial charge on any atom is -0.545 e. The molecule has 3 aliphatic heterocycles. The van der Waals surface area contributed by atoms with Crippen LogP contribution in [0, 0.1) is 12.3 Å². The van der Waals surface area contributed by atoms with Crippen LogP contribution in [0.3, 0.4) is 0 Å². The number of carbonyl (C=O) groups excluding carboxylic acids is 6. The molecular formula is C87H88F9N10O11Si-. The summed E-state index contributed by atoms with van der Waals surface area (Å²) in [5.41, 5.74) is 26.7. The summed E-state index contributed by atoms with van der Waals surface area (Å²) in [6, 6.07) is 44.9. The number of halogens is 9. The van der Waals surface area contributed by atoms with Gasteiger partial charge in [-0.15, -0.1) is 0 Å². The van der Waals surface area contributed by atoms with E-state index in [1.54, 1.807) is 24.3 Å². The zero-order valence-electron chi connectivity index (χ0n) is 66.4. The number of carbonyl (C=O) groups is 6. The maximum Gasteiger partial charge on any atom is 0.430 e. The number of anilines is 3. The third-order valence-electron chi connectivity index (χ3n) is 21.4. The van der Waals surface area contributed by atoms with Gasteiger partial charge in [-0.1, -0.05) is 43.4 Å². The first kappa shape index (κ1) is 89.3. The SMILES string of the molecule is CN(C)c1ccc2c(-c3ccc(C(=O)NC4CCC(N)CC4)cc3C(=O)[O-])c3ccc(=[N+](C)C)cc-3oc2c1.Cc1cc(C(=O)NC2CCC(NC(=O)c3ccc(-c4c5ccc(=[N+](C)C)cc-5oc5cc(N(C)C)ccc45)c(C(=O)[O-])c3)CC2)ccc1C1=C2C=CC(=N)C=C2[Si](C)(C)c2cc(N)ccc21.FF.FF.FF.O=C([O-])C(F)(F)F. The van der Waals surface area contributed by atoms with Crippen LogP contribution in [0.4, 0.5) is 57.7 Å². The largest absolute Gasteiger partial charge is 0.545 e. The van der Waals surface area contributed by atoms with Crippen molar-refractivity contribution in [3.8, 4) is 44.9 Å². The topological polar surface area (TPSA) is 322 Å². The van der Waals surface area contributed by atoms with Crippen LogP contribution in [0.1, 0.15) is 120 Å². The lowest BCUT2D eigenvalue weighted by Gasteiger charge is -2.38. The number of aliphatic carboxylic acids is 1. The van der Waals surface area contributed by atoms with Gasteiger partial charge in [0.05, 0.1) is 29.8 Å². The maximum atomic E-state index is 13.7. The molecule has 0 unspecified atom stereocenters. The van der Waals surface area contributed by atoms with Gasteiger partial charge in [-0.2, -0.15) is 13.2 Å². The highest BCUT2D eigenvalue weighted by Crippen LogP contribution is 2.46. The van der Waals surface area contributed by atoms with Crippen LogP contribution in [-0.2, 0) is 4.79 Å². The van der Waals surface area contributed by atoms with Crippen molar-refractivity contribution in [1.29, 1.82) is 5.41 Å². The molecule has 2 fully saturated rings. The lowest BCUT2D eigenvalue weighted by atomic mass is 9.87. The summed E-state index contributed by atoms with van der Waals surface area (Å²) in [5, 5.41) is 57.8. The lowest BCUT2D eigenvalue weighted by Crippen LogP contribution is -2.49. The quantitative estimate of drug-likeness (QED) is 0.0205. The number of aromatic carboxylic acids is 2. The zero-order valence-corrected chi connectivity index (χ0v) is 67.4. The Morgan fingerprint density at radius 1 is 0.508 bits per heavy atom. The first-order valence-corrected chi connectivity index (χ1v) is 40.3. The third kappa shape index (κ3) is 19.7. The van der Waals surface area contributed by atoms with Crippen LogP contribution in [-0.4, -0.2) is 136 Å². The minimum absolute atomic E-state index is 0.0313. The van der Waals surface area contributed by atoms with Crippen LogP contribution in [0.2, 0.25) is 13.1 Å².